The zero-order valence-corrected chi connectivity index (χ0v) is 46.5. The summed E-state index contributed by atoms with van der Waals surface area (Å²) in [5.41, 5.74) is 20.0. The first-order valence-electron chi connectivity index (χ1n) is 28.9. The number of hydrogen-bond donors (Lipinski definition) is 4. The lowest BCUT2D eigenvalue weighted by molar-refractivity contribution is -0.00706. The van der Waals surface area contributed by atoms with Crippen LogP contribution in [0.5, 0.6) is 23.0 Å². The number of nitrogens with zero attached hydrogens (tertiary/aromatic N) is 2. The minimum Gasteiger partial charge on any atom is -0.507 e. The summed E-state index contributed by atoms with van der Waals surface area (Å²) in [6, 6.07) is 54.1. The molecule has 3 aliphatic heterocycles. The smallest absolute Gasteiger partial charge is 0.126 e. The van der Waals surface area contributed by atoms with Gasteiger partial charge in [-0.25, -0.2) is 0 Å². The van der Waals surface area contributed by atoms with Crippen molar-refractivity contribution in [3.8, 4) is 23.0 Å². The van der Waals surface area contributed by atoms with Crippen LogP contribution in [0.3, 0.4) is 0 Å². The zero-order valence-electron chi connectivity index (χ0n) is 46.5. The van der Waals surface area contributed by atoms with E-state index in [0.717, 1.165) is 111 Å². The van der Waals surface area contributed by atoms with Crippen LogP contribution in [0.1, 0.15) is 77.9 Å². The Labute approximate surface area is 487 Å². The van der Waals surface area contributed by atoms with Crippen molar-refractivity contribution in [3.63, 3.8) is 0 Å². The zero-order chi connectivity index (χ0) is 56.3. The highest BCUT2D eigenvalue weighted by Gasteiger charge is 2.28. The first-order valence-corrected chi connectivity index (χ1v) is 28.9. The van der Waals surface area contributed by atoms with Gasteiger partial charge in [0, 0.05) is 117 Å². The summed E-state index contributed by atoms with van der Waals surface area (Å²) in [7, 11) is 0. The summed E-state index contributed by atoms with van der Waals surface area (Å²) in [5.74, 6) is 1.68. The van der Waals surface area contributed by atoms with E-state index in [1.165, 1.54) is 0 Å². The predicted octanol–water partition coefficient (Wildman–Crippen LogP) is 13.9. The van der Waals surface area contributed by atoms with Crippen LogP contribution in [0.15, 0.2) is 180 Å². The number of hydrogen-bond acceptors (Lipinski definition) is 10. The third-order valence-corrected chi connectivity index (χ3v) is 16.4. The van der Waals surface area contributed by atoms with Gasteiger partial charge in [0.15, 0.2) is 0 Å². The van der Waals surface area contributed by atoms with Crippen LogP contribution in [0.25, 0.3) is 44.1 Å². The Morgan fingerprint density at radius 1 is 0.369 bits per heavy atom. The standard InChI is InChI=1S/C72H62N4O8/c77-69-51-33-45-11-9-13-47-35-53-39-50(68(61-43-75-65-21-7-3-17-57(61)65)62-44-76-66-22-8-4-18-58(62)66)40-54(70(53)78)36-48-14-10-12-46(72(48)84-32-30-82-28-26-80-24-23-79-25-27-81-29-31-83-71(45)47)34-52(69)38-49(37-51)67(59-41-73-63-19-5-1-15-55(59)63)60-42-74-64-20-6-2-16-56(60)64/h1-22,37-44,73,75,77-78H,23-36H2/b67-60-,68-62+. The maximum atomic E-state index is 13.0. The van der Waals surface area contributed by atoms with Gasteiger partial charge in [-0.05, 0) is 104 Å². The molecule has 4 N–H and O–H groups in total. The number of aromatic hydroxyl groups is 2. The Hall–Kier alpha value is -9.30. The lowest BCUT2D eigenvalue weighted by atomic mass is 9.84. The number of ether oxygens (including phenoxy) is 6. The number of allylic oxidation sites excluding steroid dienone is 2. The molecule has 2 aromatic heterocycles. The fourth-order valence-electron chi connectivity index (χ4n) is 12.4. The van der Waals surface area contributed by atoms with Crippen molar-refractivity contribution in [1.29, 1.82) is 0 Å². The van der Waals surface area contributed by atoms with Crippen LogP contribution < -0.4 is 9.47 Å². The van der Waals surface area contributed by atoms with Gasteiger partial charge in [-0.3, -0.25) is 9.98 Å². The molecule has 0 amide bonds. The van der Waals surface area contributed by atoms with Gasteiger partial charge < -0.3 is 48.6 Å². The fraction of sp³-hybridized carbons (Fsp3) is 0.194. The highest BCUT2D eigenvalue weighted by atomic mass is 16.6. The van der Waals surface area contributed by atoms with E-state index >= 15 is 0 Å². The van der Waals surface area contributed by atoms with E-state index in [-0.39, 0.29) is 24.7 Å². The number of aromatic nitrogens is 2. The van der Waals surface area contributed by atoms with Crippen LogP contribution in [-0.2, 0) is 44.6 Å². The highest BCUT2D eigenvalue weighted by molar-refractivity contribution is 6.29. The molecule has 0 fully saturated rings. The Bertz CT molecular complexity index is 3910. The van der Waals surface area contributed by atoms with Crippen molar-refractivity contribution in [2.45, 2.75) is 25.7 Å². The molecule has 0 spiro atoms. The lowest BCUT2D eigenvalue weighted by Gasteiger charge is -2.23. The molecule has 0 unspecified atom stereocenters. The first kappa shape index (κ1) is 52.8. The Balaban J connectivity index is 0.994. The summed E-state index contributed by atoms with van der Waals surface area (Å²) in [6.45, 7) is 3.53. The Kier molecular flexibility index (Phi) is 14.8. The van der Waals surface area contributed by atoms with E-state index in [4.69, 9.17) is 38.4 Å². The summed E-state index contributed by atoms with van der Waals surface area (Å²) in [4.78, 5) is 17.0. The number of aliphatic imine (C=N–C) groups is 2. The summed E-state index contributed by atoms with van der Waals surface area (Å²) in [6.07, 6.45) is 9.34. The average Bonchev–Trinajstić information content (AvgIpc) is 4.46. The quantitative estimate of drug-likeness (QED) is 0.136. The number of benzene rings is 8. The highest BCUT2D eigenvalue weighted by Crippen LogP contribution is 2.47. The summed E-state index contributed by atoms with van der Waals surface area (Å²) >= 11 is 0. The van der Waals surface area contributed by atoms with Crippen molar-refractivity contribution in [1.82, 2.24) is 9.97 Å². The molecule has 10 bridgehead atoms. The van der Waals surface area contributed by atoms with Crippen LogP contribution in [0, 0.1) is 0 Å². The van der Waals surface area contributed by atoms with Gasteiger partial charge in [0.05, 0.1) is 64.2 Å². The van der Waals surface area contributed by atoms with Crippen LogP contribution in [0.4, 0.5) is 11.4 Å². The van der Waals surface area contributed by atoms with E-state index in [2.05, 4.69) is 132 Å². The SMILES string of the molecule is Oc1c2cc(/C(=C3/C=Nc4ccccc43)c3c[nH]c4ccccc34)cc1Cc1cccc3c1OCCOCCOCCOCCOCCOc1c(cccc1Cc1cc(/C(=C4\C=Nc5ccccc54)c4c[nH]c5ccccc45)cc(c1O)C3)C2. The molecule has 12 heteroatoms. The number of fused-ring (bicyclic) bond motifs is 6. The number of H-pyrrole nitrogens is 2. The van der Waals surface area contributed by atoms with Gasteiger partial charge in [-0.2, -0.15) is 0 Å². The third kappa shape index (κ3) is 10.4. The predicted molar refractivity (Wildman–Crippen MR) is 332 cm³/mol. The van der Waals surface area contributed by atoms with E-state index in [0.29, 0.717) is 112 Å². The molecule has 4 aliphatic rings. The molecule has 0 saturated heterocycles. The van der Waals surface area contributed by atoms with Crippen molar-refractivity contribution < 1.29 is 38.6 Å². The van der Waals surface area contributed by atoms with Crippen LogP contribution in [0.2, 0.25) is 0 Å². The summed E-state index contributed by atoms with van der Waals surface area (Å²) in [5, 5.41) is 28.2. The second kappa shape index (κ2) is 23.5. The van der Waals surface area contributed by atoms with Crippen LogP contribution >= 0.6 is 0 Å². The average molecular weight is 1110 g/mol. The molecular weight excluding hydrogens is 1050 g/mol. The molecule has 1 aliphatic carbocycles. The van der Waals surface area contributed by atoms with Crippen molar-refractivity contribution in [3.05, 3.63) is 248 Å². The van der Waals surface area contributed by atoms with Crippen molar-refractivity contribution in [2.24, 2.45) is 9.98 Å². The molecule has 12 nitrogen and oxygen atoms in total. The van der Waals surface area contributed by atoms with Gasteiger partial charge in [-0.1, -0.05) is 109 Å². The second-order valence-electron chi connectivity index (χ2n) is 21.6. The molecule has 0 saturated carbocycles. The lowest BCUT2D eigenvalue weighted by Crippen LogP contribution is -2.15. The number of phenols is 2. The number of nitrogens with one attached hydrogen (secondary N) is 2. The minimum absolute atomic E-state index is 0.182. The minimum atomic E-state index is 0.182. The van der Waals surface area contributed by atoms with E-state index in [9.17, 15) is 10.2 Å². The van der Waals surface area contributed by atoms with Crippen molar-refractivity contribution >= 4 is 67.9 Å². The molecule has 8 aromatic carbocycles. The van der Waals surface area contributed by atoms with Crippen molar-refractivity contribution in [2.75, 3.05) is 66.1 Å². The second-order valence-corrected chi connectivity index (χ2v) is 21.6. The third-order valence-electron chi connectivity index (χ3n) is 16.4. The molecular formula is C72H62N4O8. The number of rotatable bonds is 4. The largest absolute Gasteiger partial charge is 0.507 e. The molecule has 418 valence electrons. The molecule has 0 radical (unpaired) electrons. The first-order chi connectivity index (χ1) is 41.5. The summed E-state index contributed by atoms with van der Waals surface area (Å²) < 4.78 is 37.8. The number of aromatic amines is 2. The van der Waals surface area contributed by atoms with Gasteiger partial charge in [0.2, 0.25) is 0 Å². The van der Waals surface area contributed by atoms with E-state index in [1.807, 2.05) is 61.0 Å². The van der Waals surface area contributed by atoms with Gasteiger partial charge in [-0.15, -0.1) is 0 Å². The maximum Gasteiger partial charge on any atom is 0.126 e. The number of para-hydroxylation sites is 6. The number of phenolic OH excluding ortho intramolecular Hbond substituents is 2. The van der Waals surface area contributed by atoms with Gasteiger partial charge >= 0.3 is 0 Å². The van der Waals surface area contributed by atoms with Crippen LogP contribution in [-0.4, -0.2) is 98.7 Å². The molecule has 0 atom stereocenters. The monoisotopic (exact) mass is 1110 g/mol. The molecule has 10 aromatic rings. The fourth-order valence-corrected chi connectivity index (χ4v) is 12.4. The topological polar surface area (TPSA) is 152 Å². The van der Waals surface area contributed by atoms with Gasteiger partial charge in [0.1, 0.15) is 36.2 Å². The molecule has 5 heterocycles. The Morgan fingerprint density at radius 2 is 0.714 bits per heavy atom. The molecule has 84 heavy (non-hydrogen) atoms. The maximum absolute atomic E-state index is 13.0. The van der Waals surface area contributed by atoms with E-state index < -0.39 is 0 Å². The van der Waals surface area contributed by atoms with E-state index in [1.54, 1.807) is 0 Å². The van der Waals surface area contributed by atoms with Gasteiger partial charge in [0.25, 0.3) is 0 Å². The Morgan fingerprint density at radius 3 is 1.11 bits per heavy atom. The normalized spacial score (nSPS) is 16.9. The molecule has 14 rings (SSSR count).